The maximum absolute atomic E-state index is 13.2. The third-order valence-electron chi connectivity index (χ3n) is 5.82. The summed E-state index contributed by atoms with van der Waals surface area (Å²) in [5, 5.41) is 2.85. The molecule has 2 aliphatic rings. The van der Waals surface area contributed by atoms with Crippen molar-refractivity contribution in [1.82, 2.24) is 24.8 Å². The Morgan fingerprint density at radius 1 is 1.16 bits per heavy atom. The summed E-state index contributed by atoms with van der Waals surface area (Å²) in [6.45, 7) is 3.41. The monoisotopic (exact) mass is 417 g/mol. The van der Waals surface area contributed by atoms with Crippen LogP contribution in [-0.4, -0.2) is 43.9 Å². The number of imidazole rings is 1. The Labute approximate surface area is 179 Å². The summed E-state index contributed by atoms with van der Waals surface area (Å²) < 4.78 is 7.84. The number of hydrogen-bond donors (Lipinski definition) is 1. The molecular weight excluding hydrogens is 394 g/mol. The summed E-state index contributed by atoms with van der Waals surface area (Å²) >= 11 is 0. The van der Waals surface area contributed by atoms with Crippen molar-refractivity contribution in [2.45, 2.75) is 38.6 Å². The second-order valence-corrected chi connectivity index (χ2v) is 7.81. The highest BCUT2D eigenvalue weighted by Gasteiger charge is 2.37. The second-order valence-electron chi connectivity index (χ2n) is 7.81. The lowest BCUT2D eigenvalue weighted by Gasteiger charge is -2.35. The summed E-state index contributed by atoms with van der Waals surface area (Å²) in [5.74, 6) is 1.18. The van der Waals surface area contributed by atoms with Crippen LogP contribution in [0.2, 0.25) is 0 Å². The minimum absolute atomic E-state index is 0.0425. The van der Waals surface area contributed by atoms with Gasteiger partial charge in [0, 0.05) is 31.9 Å². The molecule has 0 bridgehead atoms. The maximum Gasteiger partial charge on any atom is 0.271 e. The number of aromatic nitrogens is 3. The van der Waals surface area contributed by atoms with E-state index in [9.17, 15) is 9.59 Å². The first-order chi connectivity index (χ1) is 15.1. The van der Waals surface area contributed by atoms with Crippen LogP contribution in [0.1, 0.15) is 40.5 Å². The smallest absolute Gasteiger partial charge is 0.271 e. The predicted molar refractivity (Wildman–Crippen MR) is 112 cm³/mol. The average molecular weight is 417 g/mol. The number of benzene rings is 1. The first-order valence-corrected chi connectivity index (χ1v) is 10.4. The van der Waals surface area contributed by atoms with Crippen LogP contribution in [0.5, 0.6) is 5.75 Å². The molecule has 158 valence electrons. The molecule has 0 saturated carbocycles. The number of hydrogen-bond acceptors (Lipinski definition) is 5. The van der Waals surface area contributed by atoms with Gasteiger partial charge in [-0.1, -0.05) is 24.3 Å². The van der Waals surface area contributed by atoms with E-state index in [4.69, 9.17) is 4.74 Å². The van der Waals surface area contributed by atoms with E-state index in [0.717, 1.165) is 17.0 Å². The third-order valence-corrected chi connectivity index (χ3v) is 5.82. The maximum atomic E-state index is 13.2. The van der Waals surface area contributed by atoms with Gasteiger partial charge in [0.15, 0.2) is 6.10 Å². The van der Waals surface area contributed by atoms with Crippen molar-refractivity contribution in [2.24, 2.45) is 0 Å². The number of nitrogens with one attached hydrogen (secondary N) is 1. The highest BCUT2D eigenvalue weighted by Crippen LogP contribution is 2.32. The van der Waals surface area contributed by atoms with Crippen molar-refractivity contribution < 1.29 is 14.3 Å². The Bertz CT molecular complexity index is 1100. The molecule has 0 fully saturated rings. The van der Waals surface area contributed by atoms with E-state index in [1.807, 2.05) is 54.0 Å². The van der Waals surface area contributed by atoms with Gasteiger partial charge in [-0.15, -0.1) is 0 Å². The van der Waals surface area contributed by atoms with Crippen LogP contribution < -0.4 is 10.1 Å². The normalized spacial score (nSPS) is 19.3. The number of rotatable bonds is 4. The fourth-order valence-corrected chi connectivity index (χ4v) is 4.17. The molecule has 4 heterocycles. The molecule has 8 nitrogen and oxygen atoms in total. The lowest BCUT2D eigenvalue weighted by Crippen LogP contribution is -2.47. The average Bonchev–Trinajstić information content (AvgIpc) is 3.43. The molecule has 2 amide bonds. The standard InChI is InChI=1S/C23H23N5O3/c1-15-21-26-18(22(29)25-13-17-7-4-5-9-24-17)14-27(21)10-11-28(15)23(30)20-12-16-6-2-3-8-19(16)31-20/h2-9,14-15,20H,10-13H2,1H3,(H,25,29)/t15-,20+/m1/s1. The molecule has 8 heteroatoms. The zero-order chi connectivity index (χ0) is 21.4. The highest BCUT2D eigenvalue weighted by molar-refractivity contribution is 5.92. The van der Waals surface area contributed by atoms with Crippen LogP contribution in [0.3, 0.4) is 0 Å². The van der Waals surface area contributed by atoms with Gasteiger partial charge in [-0.25, -0.2) is 4.98 Å². The Morgan fingerprint density at radius 2 is 2.00 bits per heavy atom. The number of amides is 2. The van der Waals surface area contributed by atoms with Gasteiger partial charge in [-0.05, 0) is 30.7 Å². The largest absolute Gasteiger partial charge is 0.480 e. The Morgan fingerprint density at radius 3 is 2.81 bits per heavy atom. The van der Waals surface area contributed by atoms with Gasteiger partial charge < -0.3 is 19.5 Å². The molecule has 0 saturated heterocycles. The summed E-state index contributed by atoms with van der Waals surface area (Å²) in [4.78, 5) is 36.3. The number of carbonyl (C=O) groups is 2. The van der Waals surface area contributed by atoms with Crippen molar-refractivity contribution in [3.05, 3.63) is 77.6 Å². The van der Waals surface area contributed by atoms with Crippen LogP contribution in [0.4, 0.5) is 0 Å². The molecule has 0 spiro atoms. The van der Waals surface area contributed by atoms with E-state index < -0.39 is 6.10 Å². The van der Waals surface area contributed by atoms with Crippen molar-refractivity contribution in [1.29, 1.82) is 0 Å². The molecule has 0 aliphatic carbocycles. The summed E-state index contributed by atoms with van der Waals surface area (Å²) in [6, 6.07) is 13.1. The fraction of sp³-hybridized carbons (Fsp3) is 0.304. The minimum atomic E-state index is -0.512. The molecule has 2 atom stereocenters. The van der Waals surface area contributed by atoms with E-state index >= 15 is 0 Å². The second kappa shape index (κ2) is 7.86. The van der Waals surface area contributed by atoms with Gasteiger partial charge in [0.25, 0.3) is 11.8 Å². The van der Waals surface area contributed by atoms with E-state index in [1.165, 1.54) is 0 Å². The SMILES string of the molecule is C[C@@H]1c2nc(C(=O)NCc3ccccn3)cn2CCN1C(=O)[C@@H]1Cc2ccccc2O1. The van der Waals surface area contributed by atoms with E-state index in [2.05, 4.69) is 15.3 Å². The number of para-hydroxylation sites is 1. The van der Waals surface area contributed by atoms with Gasteiger partial charge in [0.05, 0.1) is 18.3 Å². The van der Waals surface area contributed by atoms with Gasteiger partial charge in [-0.3, -0.25) is 14.6 Å². The zero-order valence-corrected chi connectivity index (χ0v) is 17.2. The first kappa shape index (κ1) is 19.3. The summed E-state index contributed by atoms with van der Waals surface area (Å²) in [7, 11) is 0. The Hall–Kier alpha value is -3.68. The van der Waals surface area contributed by atoms with E-state index in [0.29, 0.717) is 37.6 Å². The Balaban J connectivity index is 1.27. The molecule has 0 unspecified atom stereocenters. The molecule has 0 radical (unpaired) electrons. The molecule has 5 rings (SSSR count). The first-order valence-electron chi connectivity index (χ1n) is 10.4. The number of carbonyl (C=O) groups excluding carboxylic acids is 2. The van der Waals surface area contributed by atoms with Crippen LogP contribution >= 0.6 is 0 Å². The quantitative estimate of drug-likeness (QED) is 0.702. The van der Waals surface area contributed by atoms with E-state index in [-0.39, 0.29) is 17.9 Å². The Kier molecular flexibility index (Phi) is 4.89. The number of nitrogens with zero attached hydrogens (tertiary/aromatic N) is 4. The highest BCUT2D eigenvalue weighted by atomic mass is 16.5. The van der Waals surface area contributed by atoms with Gasteiger partial charge in [0.1, 0.15) is 17.3 Å². The van der Waals surface area contributed by atoms with Crippen LogP contribution in [0.15, 0.2) is 54.9 Å². The molecule has 2 aliphatic heterocycles. The lowest BCUT2D eigenvalue weighted by atomic mass is 10.1. The lowest BCUT2D eigenvalue weighted by molar-refractivity contribution is -0.141. The van der Waals surface area contributed by atoms with Crippen molar-refractivity contribution in [2.75, 3.05) is 6.54 Å². The summed E-state index contributed by atoms with van der Waals surface area (Å²) in [5.41, 5.74) is 2.18. The van der Waals surface area contributed by atoms with Crippen LogP contribution in [0, 0.1) is 0 Å². The van der Waals surface area contributed by atoms with Crippen molar-refractivity contribution in [3.63, 3.8) is 0 Å². The number of fused-ring (bicyclic) bond motifs is 2. The molecule has 3 aromatic rings. The molecule has 1 N–H and O–H groups in total. The number of ether oxygens (including phenoxy) is 1. The van der Waals surface area contributed by atoms with Crippen molar-refractivity contribution >= 4 is 11.8 Å². The van der Waals surface area contributed by atoms with Gasteiger partial charge in [0.2, 0.25) is 0 Å². The van der Waals surface area contributed by atoms with Crippen molar-refractivity contribution in [3.8, 4) is 5.75 Å². The molecule has 2 aromatic heterocycles. The zero-order valence-electron chi connectivity index (χ0n) is 17.2. The third kappa shape index (κ3) is 3.65. The predicted octanol–water partition coefficient (Wildman–Crippen LogP) is 2.11. The minimum Gasteiger partial charge on any atom is -0.480 e. The van der Waals surface area contributed by atoms with E-state index in [1.54, 1.807) is 17.3 Å². The molecular formula is C23H23N5O3. The summed E-state index contributed by atoms with van der Waals surface area (Å²) in [6.07, 6.45) is 3.51. The number of pyridine rings is 1. The topological polar surface area (TPSA) is 89.4 Å². The van der Waals surface area contributed by atoms with Crippen LogP contribution in [0.25, 0.3) is 0 Å². The molecule has 1 aromatic carbocycles. The van der Waals surface area contributed by atoms with Gasteiger partial charge >= 0.3 is 0 Å². The van der Waals surface area contributed by atoms with Gasteiger partial charge in [-0.2, -0.15) is 0 Å². The molecule has 31 heavy (non-hydrogen) atoms. The van der Waals surface area contributed by atoms with Crippen LogP contribution in [-0.2, 0) is 24.3 Å². The fourth-order valence-electron chi connectivity index (χ4n) is 4.17.